The molecular weight excluding hydrogens is 276 g/mol. The van der Waals surface area contributed by atoms with E-state index in [1.807, 2.05) is 6.07 Å². The lowest BCUT2D eigenvalue weighted by Gasteiger charge is -2.09. The number of sulfonamides is 1. The van der Waals surface area contributed by atoms with Gasteiger partial charge in [-0.3, -0.25) is 4.72 Å². The van der Waals surface area contributed by atoms with E-state index in [4.69, 9.17) is 11.0 Å². The van der Waals surface area contributed by atoms with Crippen molar-refractivity contribution in [1.82, 2.24) is 4.98 Å². The molecule has 2 rings (SSSR count). The molecule has 0 unspecified atom stereocenters. The van der Waals surface area contributed by atoms with Gasteiger partial charge in [-0.25, -0.2) is 13.4 Å². The third kappa shape index (κ3) is 2.87. The Balaban J connectivity index is 2.39. The Hall–Kier alpha value is -2.59. The lowest BCUT2D eigenvalue weighted by atomic mass is 10.2. The van der Waals surface area contributed by atoms with Crippen LogP contribution in [-0.2, 0) is 10.0 Å². The van der Waals surface area contributed by atoms with Crippen LogP contribution in [0.25, 0.3) is 0 Å². The fourth-order valence-corrected chi connectivity index (χ4v) is 2.60. The summed E-state index contributed by atoms with van der Waals surface area (Å²) < 4.78 is 26.6. The first-order chi connectivity index (χ1) is 9.42. The monoisotopic (exact) mass is 288 g/mol. The first kappa shape index (κ1) is 13.8. The fourth-order valence-electron chi connectivity index (χ4n) is 1.57. The predicted octanol–water partition coefficient (Wildman–Crippen LogP) is 1.64. The first-order valence-electron chi connectivity index (χ1n) is 5.67. The van der Waals surface area contributed by atoms with Gasteiger partial charge in [0.05, 0.1) is 10.5 Å². The van der Waals surface area contributed by atoms with Crippen molar-refractivity contribution in [3.63, 3.8) is 0 Å². The number of nitrogen functional groups attached to an aromatic ring is 1. The van der Waals surface area contributed by atoms with Gasteiger partial charge in [0.1, 0.15) is 6.07 Å². The van der Waals surface area contributed by atoms with Gasteiger partial charge < -0.3 is 5.73 Å². The molecule has 7 heteroatoms. The maximum absolute atomic E-state index is 12.2. The summed E-state index contributed by atoms with van der Waals surface area (Å²) in [5, 5.41) is 9.01. The minimum atomic E-state index is -3.79. The number of pyridine rings is 1. The van der Waals surface area contributed by atoms with Gasteiger partial charge in [0.15, 0.2) is 5.82 Å². The van der Waals surface area contributed by atoms with Crippen LogP contribution in [0.3, 0.4) is 0 Å². The number of rotatable bonds is 3. The Morgan fingerprint density at radius 3 is 2.55 bits per heavy atom. The summed E-state index contributed by atoms with van der Waals surface area (Å²) in [6.45, 7) is 1.77. The van der Waals surface area contributed by atoms with E-state index in [0.717, 1.165) is 5.56 Å². The molecule has 0 bridgehead atoms. The minimum absolute atomic E-state index is 0.00919. The van der Waals surface area contributed by atoms with E-state index in [1.54, 1.807) is 13.0 Å². The van der Waals surface area contributed by atoms with Crippen molar-refractivity contribution in [1.29, 1.82) is 5.26 Å². The molecule has 3 N–H and O–H groups in total. The molecule has 102 valence electrons. The molecule has 0 aliphatic heterocycles. The zero-order valence-electron chi connectivity index (χ0n) is 10.7. The molecule has 2 aromatic rings. The van der Waals surface area contributed by atoms with Crippen molar-refractivity contribution < 1.29 is 8.42 Å². The molecule has 0 amide bonds. The van der Waals surface area contributed by atoms with Crippen LogP contribution in [0.2, 0.25) is 0 Å². The summed E-state index contributed by atoms with van der Waals surface area (Å²) in [4.78, 5) is 3.99. The topological polar surface area (TPSA) is 109 Å². The van der Waals surface area contributed by atoms with E-state index >= 15 is 0 Å². The molecule has 0 radical (unpaired) electrons. The lowest BCUT2D eigenvalue weighted by Crippen LogP contribution is -2.15. The van der Waals surface area contributed by atoms with Gasteiger partial charge in [-0.15, -0.1) is 0 Å². The summed E-state index contributed by atoms with van der Waals surface area (Å²) in [5.74, 6) is 0.00919. The van der Waals surface area contributed by atoms with Crippen LogP contribution >= 0.6 is 0 Å². The highest BCUT2D eigenvalue weighted by atomic mass is 32.2. The normalized spacial score (nSPS) is 10.8. The molecule has 0 fully saturated rings. The standard InChI is InChI=1S/C13H12N4O2S/c1-9-6-10(7-14)13(16-8-9)17-20(18,19)12-4-2-11(15)3-5-12/h2-6,8H,15H2,1H3,(H,16,17). The van der Waals surface area contributed by atoms with E-state index in [-0.39, 0.29) is 16.3 Å². The Morgan fingerprint density at radius 2 is 1.95 bits per heavy atom. The molecule has 0 saturated heterocycles. The summed E-state index contributed by atoms with van der Waals surface area (Å²) in [7, 11) is -3.79. The zero-order valence-corrected chi connectivity index (χ0v) is 11.5. The van der Waals surface area contributed by atoms with Crippen LogP contribution in [0.15, 0.2) is 41.4 Å². The number of hydrogen-bond donors (Lipinski definition) is 2. The van der Waals surface area contributed by atoms with Gasteiger partial charge in [-0.2, -0.15) is 5.26 Å². The third-order valence-electron chi connectivity index (χ3n) is 2.57. The lowest BCUT2D eigenvalue weighted by molar-refractivity contribution is 0.601. The van der Waals surface area contributed by atoms with E-state index in [0.29, 0.717) is 5.69 Å². The number of nitriles is 1. The summed E-state index contributed by atoms with van der Waals surface area (Å²) in [5.41, 5.74) is 6.93. The number of hydrogen-bond acceptors (Lipinski definition) is 5. The number of benzene rings is 1. The second-order valence-electron chi connectivity index (χ2n) is 4.20. The first-order valence-corrected chi connectivity index (χ1v) is 7.16. The highest BCUT2D eigenvalue weighted by Gasteiger charge is 2.16. The van der Waals surface area contributed by atoms with Gasteiger partial charge in [0, 0.05) is 11.9 Å². The molecule has 0 aliphatic rings. The molecule has 6 nitrogen and oxygen atoms in total. The average Bonchev–Trinajstić information content (AvgIpc) is 2.41. The van der Waals surface area contributed by atoms with Crippen LogP contribution in [0, 0.1) is 18.3 Å². The van der Waals surface area contributed by atoms with Crippen LogP contribution in [0.1, 0.15) is 11.1 Å². The van der Waals surface area contributed by atoms with E-state index < -0.39 is 10.0 Å². The molecule has 0 aliphatic carbocycles. The molecule has 0 atom stereocenters. The second-order valence-corrected chi connectivity index (χ2v) is 5.88. The number of nitrogens with one attached hydrogen (secondary N) is 1. The maximum Gasteiger partial charge on any atom is 0.263 e. The SMILES string of the molecule is Cc1cnc(NS(=O)(=O)c2ccc(N)cc2)c(C#N)c1. The minimum Gasteiger partial charge on any atom is -0.399 e. The number of nitrogens with zero attached hydrogens (tertiary/aromatic N) is 2. The van der Waals surface area contributed by atoms with Crippen LogP contribution in [-0.4, -0.2) is 13.4 Å². The van der Waals surface area contributed by atoms with Gasteiger partial charge in [-0.1, -0.05) is 0 Å². The van der Waals surface area contributed by atoms with Crippen LogP contribution < -0.4 is 10.5 Å². The van der Waals surface area contributed by atoms with Crippen molar-refractivity contribution in [3.05, 3.63) is 47.7 Å². The van der Waals surface area contributed by atoms with Gasteiger partial charge in [0.25, 0.3) is 10.0 Å². The summed E-state index contributed by atoms with van der Waals surface area (Å²) in [6.07, 6.45) is 1.49. The Bertz CT molecular complexity index is 777. The molecule has 0 spiro atoms. The number of nitrogens with two attached hydrogens (primary N) is 1. The number of aryl methyl sites for hydroxylation is 1. The van der Waals surface area contributed by atoms with Crippen molar-refractivity contribution >= 4 is 21.5 Å². The van der Waals surface area contributed by atoms with Crippen molar-refractivity contribution in [3.8, 4) is 6.07 Å². The highest BCUT2D eigenvalue weighted by molar-refractivity contribution is 7.92. The third-order valence-corrected chi connectivity index (χ3v) is 3.92. The van der Waals surface area contributed by atoms with Crippen molar-refractivity contribution in [2.75, 3.05) is 10.5 Å². The van der Waals surface area contributed by atoms with Crippen LogP contribution in [0.4, 0.5) is 11.5 Å². The smallest absolute Gasteiger partial charge is 0.263 e. The number of aromatic nitrogens is 1. The molecule has 0 saturated carbocycles. The van der Waals surface area contributed by atoms with E-state index in [2.05, 4.69) is 9.71 Å². The molecule has 20 heavy (non-hydrogen) atoms. The van der Waals surface area contributed by atoms with Crippen molar-refractivity contribution in [2.45, 2.75) is 11.8 Å². The van der Waals surface area contributed by atoms with Gasteiger partial charge >= 0.3 is 0 Å². The predicted molar refractivity (Wildman–Crippen MR) is 75.4 cm³/mol. The van der Waals surface area contributed by atoms with E-state index in [1.165, 1.54) is 30.5 Å². The summed E-state index contributed by atoms with van der Waals surface area (Å²) in [6, 6.07) is 9.22. The van der Waals surface area contributed by atoms with E-state index in [9.17, 15) is 8.42 Å². The Kier molecular flexibility index (Phi) is 3.59. The largest absolute Gasteiger partial charge is 0.399 e. The highest BCUT2D eigenvalue weighted by Crippen LogP contribution is 2.19. The second kappa shape index (κ2) is 5.19. The molecule has 1 aromatic heterocycles. The van der Waals surface area contributed by atoms with Crippen molar-refractivity contribution in [2.24, 2.45) is 0 Å². The number of anilines is 2. The quantitative estimate of drug-likeness (QED) is 0.834. The van der Waals surface area contributed by atoms with Crippen LogP contribution in [0.5, 0.6) is 0 Å². The maximum atomic E-state index is 12.2. The average molecular weight is 288 g/mol. The summed E-state index contributed by atoms with van der Waals surface area (Å²) >= 11 is 0. The Morgan fingerprint density at radius 1 is 1.30 bits per heavy atom. The zero-order chi connectivity index (χ0) is 14.8. The van der Waals surface area contributed by atoms with Gasteiger partial charge in [0.2, 0.25) is 0 Å². The molecular formula is C13H12N4O2S. The van der Waals surface area contributed by atoms with Gasteiger partial charge in [-0.05, 0) is 42.8 Å². The molecule has 1 heterocycles. The molecule has 1 aromatic carbocycles. The fraction of sp³-hybridized carbons (Fsp3) is 0.0769. The Labute approximate surface area is 116 Å².